The third-order valence-corrected chi connectivity index (χ3v) is 2.65. The predicted octanol–water partition coefficient (Wildman–Crippen LogP) is 0.871. The van der Waals surface area contributed by atoms with Gasteiger partial charge in [0.25, 0.3) is 5.91 Å². The van der Waals surface area contributed by atoms with Gasteiger partial charge in [-0.25, -0.2) is 4.98 Å². The van der Waals surface area contributed by atoms with Crippen LogP contribution in [0.25, 0.3) is 0 Å². The molecule has 16 heavy (non-hydrogen) atoms. The van der Waals surface area contributed by atoms with E-state index in [0.717, 1.165) is 12.8 Å². The van der Waals surface area contributed by atoms with Crippen LogP contribution in [-0.4, -0.2) is 34.8 Å². The zero-order chi connectivity index (χ0) is 12.0. The van der Waals surface area contributed by atoms with Crippen LogP contribution in [0.2, 0.25) is 0 Å². The lowest BCUT2D eigenvalue weighted by Gasteiger charge is -2.19. The van der Waals surface area contributed by atoms with Crippen LogP contribution in [0.5, 0.6) is 0 Å². The normalized spacial score (nSPS) is 10.1. The van der Waals surface area contributed by atoms with Crippen molar-refractivity contribution in [1.82, 2.24) is 9.88 Å². The van der Waals surface area contributed by atoms with Crippen LogP contribution in [0.15, 0.2) is 10.9 Å². The number of carbonyl (C=O) groups excluding carboxylic acids is 2. The molecule has 0 fully saturated rings. The van der Waals surface area contributed by atoms with Crippen LogP contribution < -0.4 is 5.73 Å². The average molecular weight is 241 g/mol. The van der Waals surface area contributed by atoms with Crippen LogP contribution in [0.3, 0.4) is 0 Å². The van der Waals surface area contributed by atoms with Gasteiger partial charge < -0.3 is 10.6 Å². The lowest BCUT2D eigenvalue weighted by atomic mass is 10.3. The molecule has 0 aliphatic heterocycles. The van der Waals surface area contributed by atoms with Crippen molar-refractivity contribution in [3.63, 3.8) is 0 Å². The van der Waals surface area contributed by atoms with Crippen molar-refractivity contribution in [2.45, 2.75) is 19.8 Å². The average Bonchev–Trinajstić information content (AvgIpc) is 2.76. The highest BCUT2D eigenvalue weighted by molar-refractivity contribution is 7.07. The molecule has 0 spiro atoms. The zero-order valence-corrected chi connectivity index (χ0v) is 10.00. The molecule has 6 heteroatoms. The molecule has 2 amide bonds. The first-order valence-electron chi connectivity index (χ1n) is 5.11. The Hall–Kier alpha value is -1.43. The largest absolute Gasteiger partial charge is 0.368 e. The summed E-state index contributed by atoms with van der Waals surface area (Å²) >= 11 is 1.35. The molecule has 0 unspecified atom stereocenters. The van der Waals surface area contributed by atoms with Gasteiger partial charge in [-0.2, -0.15) is 0 Å². The summed E-state index contributed by atoms with van der Waals surface area (Å²) < 4.78 is 0. The molecule has 0 saturated heterocycles. The number of thiazole rings is 1. The van der Waals surface area contributed by atoms with E-state index in [-0.39, 0.29) is 12.5 Å². The Balaban J connectivity index is 2.67. The maximum Gasteiger partial charge on any atom is 0.273 e. The molecule has 0 atom stereocenters. The second-order valence-corrected chi connectivity index (χ2v) is 4.14. The van der Waals surface area contributed by atoms with Gasteiger partial charge >= 0.3 is 0 Å². The number of amides is 2. The van der Waals surface area contributed by atoms with Crippen LogP contribution in [0.4, 0.5) is 0 Å². The van der Waals surface area contributed by atoms with E-state index in [2.05, 4.69) is 4.98 Å². The molecule has 1 heterocycles. The van der Waals surface area contributed by atoms with Gasteiger partial charge in [0.1, 0.15) is 5.69 Å². The fraction of sp³-hybridized carbons (Fsp3) is 0.500. The molecule has 1 rings (SSSR count). The van der Waals surface area contributed by atoms with E-state index in [9.17, 15) is 9.59 Å². The SMILES string of the molecule is CCCCN(CC(N)=O)C(=O)c1cscn1. The second-order valence-electron chi connectivity index (χ2n) is 3.42. The topological polar surface area (TPSA) is 76.3 Å². The molecule has 88 valence electrons. The first-order valence-corrected chi connectivity index (χ1v) is 6.05. The number of primary amides is 1. The van der Waals surface area contributed by atoms with Crippen molar-refractivity contribution < 1.29 is 9.59 Å². The molecule has 0 saturated carbocycles. The number of hydrogen-bond acceptors (Lipinski definition) is 4. The molecule has 0 aliphatic carbocycles. The first-order chi connectivity index (χ1) is 7.65. The number of rotatable bonds is 6. The van der Waals surface area contributed by atoms with Crippen LogP contribution in [-0.2, 0) is 4.79 Å². The summed E-state index contributed by atoms with van der Waals surface area (Å²) in [5.74, 6) is -0.729. The van der Waals surface area contributed by atoms with Crippen molar-refractivity contribution >= 4 is 23.2 Å². The van der Waals surface area contributed by atoms with Gasteiger partial charge in [0.2, 0.25) is 5.91 Å². The van der Waals surface area contributed by atoms with Gasteiger partial charge in [0, 0.05) is 11.9 Å². The molecule has 5 nitrogen and oxygen atoms in total. The minimum Gasteiger partial charge on any atom is -0.368 e. The maximum absolute atomic E-state index is 11.9. The minimum absolute atomic E-state index is 0.0453. The summed E-state index contributed by atoms with van der Waals surface area (Å²) in [5.41, 5.74) is 7.08. The fourth-order valence-corrected chi connectivity index (χ4v) is 1.80. The molecule has 1 aromatic rings. The maximum atomic E-state index is 11.9. The Bertz CT molecular complexity index is 351. The number of nitrogens with zero attached hydrogens (tertiary/aromatic N) is 2. The number of hydrogen-bond donors (Lipinski definition) is 1. The fourth-order valence-electron chi connectivity index (χ4n) is 1.27. The van der Waals surface area contributed by atoms with Crippen LogP contribution >= 0.6 is 11.3 Å². The first kappa shape index (κ1) is 12.6. The molecule has 0 bridgehead atoms. The molecule has 1 aromatic heterocycles. The van der Waals surface area contributed by atoms with E-state index in [0.29, 0.717) is 12.2 Å². The van der Waals surface area contributed by atoms with Crippen molar-refractivity contribution in [1.29, 1.82) is 0 Å². The zero-order valence-electron chi connectivity index (χ0n) is 9.18. The number of carbonyl (C=O) groups is 2. The highest BCUT2D eigenvalue weighted by atomic mass is 32.1. The van der Waals surface area contributed by atoms with E-state index in [1.165, 1.54) is 16.2 Å². The third-order valence-electron chi connectivity index (χ3n) is 2.07. The van der Waals surface area contributed by atoms with E-state index >= 15 is 0 Å². The molecule has 0 aromatic carbocycles. The van der Waals surface area contributed by atoms with Crippen molar-refractivity contribution in [3.05, 3.63) is 16.6 Å². The standard InChI is InChI=1S/C10H15N3O2S/c1-2-3-4-13(5-9(11)14)10(15)8-6-16-7-12-8/h6-7H,2-5H2,1H3,(H2,11,14). The second kappa shape index (κ2) is 6.22. The van der Waals surface area contributed by atoms with Gasteiger partial charge in [-0.3, -0.25) is 9.59 Å². The summed E-state index contributed by atoms with van der Waals surface area (Å²) in [4.78, 5) is 28.1. The van der Waals surface area contributed by atoms with Crippen molar-refractivity contribution in [2.24, 2.45) is 5.73 Å². The van der Waals surface area contributed by atoms with Gasteiger partial charge in [-0.05, 0) is 6.42 Å². The van der Waals surface area contributed by atoms with E-state index < -0.39 is 5.91 Å². The highest BCUT2D eigenvalue weighted by Gasteiger charge is 2.18. The Kier molecular flexibility index (Phi) is 4.91. The summed E-state index contributed by atoms with van der Waals surface area (Å²) in [6, 6.07) is 0. The van der Waals surface area contributed by atoms with Gasteiger partial charge in [-0.1, -0.05) is 13.3 Å². The van der Waals surface area contributed by atoms with Crippen molar-refractivity contribution in [2.75, 3.05) is 13.1 Å². The van der Waals surface area contributed by atoms with E-state index in [4.69, 9.17) is 5.73 Å². The van der Waals surface area contributed by atoms with Gasteiger partial charge in [-0.15, -0.1) is 11.3 Å². The summed E-state index contributed by atoms with van der Waals surface area (Å²) in [7, 11) is 0. The van der Waals surface area contributed by atoms with Crippen molar-refractivity contribution in [3.8, 4) is 0 Å². The number of aromatic nitrogens is 1. The summed E-state index contributed by atoms with van der Waals surface area (Å²) in [6.45, 7) is 2.52. The lowest BCUT2D eigenvalue weighted by Crippen LogP contribution is -2.39. The van der Waals surface area contributed by atoms with Gasteiger partial charge in [0.05, 0.1) is 12.1 Å². The molecule has 0 radical (unpaired) electrons. The van der Waals surface area contributed by atoms with Crippen LogP contribution in [0, 0.1) is 0 Å². The third kappa shape index (κ3) is 3.62. The summed E-state index contributed by atoms with van der Waals surface area (Å²) in [5, 5.41) is 1.67. The Morgan fingerprint density at radius 1 is 1.56 bits per heavy atom. The Morgan fingerprint density at radius 3 is 2.81 bits per heavy atom. The highest BCUT2D eigenvalue weighted by Crippen LogP contribution is 2.06. The van der Waals surface area contributed by atoms with Gasteiger partial charge in [0.15, 0.2) is 0 Å². The van der Waals surface area contributed by atoms with E-state index in [1.54, 1.807) is 10.9 Å². The minimum atomic E-state index is -0.500. The molecular formula is C10H15N3O2S. The molecule has 2 N–H and O–H groups in total. The smallest absolute Gasteiger partial charge is 0.273 e. The monoisotopic (exact) mass is 241 g/mol. The number of unbranched alkanes of at least 4 members (excludes halogenated alkanes) is 1. The van der Waals surface area contributed by atoms with Crippen LogP contribution in [0.1, 0.15) is 30.3 Å². The molecular weight excluding hydrogens is 226 g/mol. The lowest BCUT2D eigenvalue weighted by molar-refractivity contribution is -0.118. The quantitative estimate of drug-likeness (QED) is 0.803. The summed E-state index contributed by atoms with van der Waals surface area (Å²) in [6.07, 6.45) is 1.81. The molecule has 0 aliphatic rings. The Morgan fingerprint density at radius 2 is 2.31 bits per heavy atom. The number of nitrogens with two attached hydrogens (primary N) is 1. The predicted molar refractivity (Wildman–Crippen MR) is 62.1 cm³/mol. The Labute approximate surface area is 98.3 Å². The van der Waals surface area contributed by atoms with E-state index in [1.807, 2.05) is 6.92 Å².